The maximum Gasteiger partial charge on any atom is 0.275 e. The van der Waals surface area contributed by atoms with Gasteiger partial charge in [0.25, 0.3) is 5.56 Å². The number of nitrogens with zero attached hydrogens (tertiary/aromatic N) is 4. The van der Waals surface area contributed by atoms with Crippen LogP contribution in [0.15, 0.2) is 35.1 Å². The van der Waals surface area contributed by atoms with E-state index in [1.165, 1.54) is 21.9 Å². The van der Waals surface area contributed by atoms with E-state index in [0.717, 1.165) is 16.3 Å². The molecule has 1 amide bonds. The quantitative estimate of drug-likeness (QED) is 0.760. The predicted molar refractivity (Wildman–Crippen MR) is 95.8 cm³/mol. The number of hydrogen-bond acceptors (Lipinski definition) is 6. The maximum absolute atomic E-state index is 12.0. The van der Waals surface area contributed by atoms with Crippen molar-refractivity contribution < 1.29 is 4.79 Å². The van der Waals surface area contributed by atoms with Gasteiger partial charge in [-0.25, -0.2) is 4.98 Å². The van der Waals surface area contributed by atoms with Crippen molar-refractivity contribution in [2.45, 2.75) is 19.9 Å². The van der Waals surface area contributed by atoms with Gasteiger partial charge in [-0.2, -0.15) is 9.61 Å². The number of aromatic nitrogens is 3. The second-order valence-electron chi connectivity index (χ2n) is 6.24. The standard InChI is InChI=1S/C17H17N5O2S/c1-10-6-15(23)22-17(19-10)25-14(20-22)9-21-8-12(16(18)24)7-11-4-2-3-5-13(11)21/h2-6,12H,7-9H2,1H3,(H2,18,24). The summed E-state index contributed by atoms with van der Waals surface area (Å²) >= 11 is 1.39. The van der Waals surface area contributed by atoms with Gasteiger partial charge in [0.2, 0.25) is 10.9 Å². The Labute approximate surface area is 147 Å². The molecule has 1 atom stereocenters. The van der Waals surface area contributed by atoms with Crippen molar-refractivity contribution in [2.75, 3.05) is 11.4 Å². The Morgan fingerprint density at radius 3 is 3.00 bits per heavy atom. The maximum atomic E-state index is 12.0. The van der Waals surface area contributed by atoms with Crippen molar-refractivity contribution in [3.8, 4) is 0 Å². The van der Waals surface area contributed by atoms with Crippen molar-refractivity contribution in [3.63, 3.8) is 0 Å². The van der Waals surface area contributed by atoms with E-state index in [4.69, 9.17) is 5.73 Å². The molecule has 0 saturated carbocycles. The summed E-state index contributed by atoms with van der Waals surface area (Å²) in [5, 5.41) is 5.17. The molecule has 8 heteroatoms. The lowest BCUT2D eigenvalue weighted by Crippen LogP contribution is -2.41. The van der Waals surface area contributed by atoms with Gasteiger partial charge in [0, 0.05) is 24.0 Å². The lowest BCUT2D eigenvalue weighted by atomic mass is 9.92. The molecule has 1 aliphatic heterocycles. The Kier molecular flexibility index (Phi) is 3.76. The lowest BCUT2D eigenvalue weighted by molar-refractivity contribution is -0.121. The molecule has 7 nitrogen and oxygen atoms in total. The third-order valence-electron chi connectivity index (χ3n) is 4.38. The molecule has 1 aromatic carbocycles. The first-order chi connectivity index (χ1) is 12.0. The molecule has 0 spiro atoms. The molecule has 0 saturated heterocycles. The molecule has 0 fully saturated rings. The minimum atomic E-state index is -0.294. The first kappa shape index (κ1) is 15.8. The number of rotatable bonds is 3. The van der Waals surface area contributed by atoms with Crippen molar-refractivity contribution >= 4 is 27.9 Å². The van der Waals surface area contributed by atoms with Gasteiger partial charge in [-0.3, -0.25) is 9.59 Å². The predicted octanol–water partition coefficient (Wildman–Crippen LogP) is 1.12. The monoisotopic (exact) mass is 355 g/mol. The van der Waals surface area contributed by atoms with E-state index in [0.29, 0.717) is 30.2 Å². The van der Waals surface area contributed by atoms with E-state index < -0.39 is 0 Å². The molecule has 3 heterocycles. The van der Waals surface area contributed by atoms with Crippen LogP contribution in [0.25, 0.3) is 4.96 Å². The Morgan fingerprint density at radius 2 is 2.20 bits per heavy atom. The number of anilines is 1. The fraction of sp³-hybridized carbons (Fsp3) is 0.294. The zero-order valence-corrected chi connectivity index (χ0v) is 14.5. The number of primary amides is 1. The highest BCUT2D eigenvalue weighted by atomic mass is 32.1. The van der Waals surface area contributed by atoms with Gasteiger partial charge < -0.3 is 10.6 Å². The van der Waals surface area contributed by atoms with Crippen LogP contribution >= 0.6 is 11.3 Å². The average Bonchev–Trinajstić information content (AvgIpc) is 2.97. The van der Waals surface area contributed by atoms with Crippen LogP contribution in [0.2, 0.25) is 0 Å². The molecule has 2 aromatic heterocycles. The molecular formula is C17H17N5O2S. The summed E-state index contributed by atoms with van der Waals surface area (Å²) in [4.78, 5) is 30.8. The minimum Gasteiger partial charge on any atom is -0.369 e. The Balaban J connectivity index is 1.71. The second-order valence-corrected chi connectivity index (χ2v) is 7.28. The average molecular weight is 355 g/mol. The van der Waals surface area contributed by atoms with Gasteiger partial charge >= 0.3 is 0 Å². The zero-order valence-electron chi connectivity index (χ0n) is 13.7. The van der Waals surface area contributed by atoms with Crippen LogP contribution in [0.3, 0.4) is 0 Å². The van der Waals surface area contributed by atoms with Crippen molar-refractivity contribution in [3.05, 3.63) is 57.0 Å². The van der Waals surface area contributed by atoms with Gasteiger partial charge in [0.1, 0.15) is 5.01 Å². The van der Waals surface area contributed by atoms with E-state index in [2.05, 4.69) is 15.0 Å². The second kappa shape index (κ2) is 5.96. The third-order valence-corrected chi connectivity index (χ3v) is 5.28. The topological polar surface area (TPSA) is 93.6 Å². The van der Waals surface area contributed by atoms with Crippen molar-refractivity contribution in [1.29, 1.82) is 0 Å². The fourth-order valence-electron chi connectivity index (χ4n) is 3.21. The van der Waals surface area contributed by atoms with E-state index in [9.17, 15) is 9.59 Å². The Morgan fingerprint density at radius 1 is 1.40 bits per heavy atom. The first-order valence-electron chi connectivity index (χ1n) is 8.00. The summed E-state index contributed by atoms with van der Waals surface area (Å²) in [6.07, 6.45) is 0.655. The summed E-state index contributed by atoms with van der Waals surface area (Å²) in [6, 6.07) is 9.46. The van der Waals surface area contributed by atoms with E-state index in [1.54, 1.807) is 6.92 Å². The van der Waals surface area contributed by atoms with Crippen molar-refractivity contribution in [2.24, 2.45) is 11.7 Å². The van der Waals surface area contributed by atoms with Gasteiger partial charge in [-0.1, -0.05) is 29.5 Å². The van der Waals surface area contributed by atoms with Crippen LogP contribution in [0, 0.1) is 12.8 Å². The number of carbonyl (C=O) groups is 1. The van der Waals surface area contributed by atoms with Gasteiger partial charge in [0.05, 0.1) is 12.5 Å². The van der Waals surface area contributed by atoms with E-state index in [-0.39, 0.29) is 17.4 Å². The molecule has 0 bridgehead atoms. The molecule has 0 radical (unpaired) electrons. The number of aryl methyl sites for hydroxylation is 1. The number of fused-ring (bicyclic) bond motifs is 2. The highest BCUT2D eigenvalue weighted by Crippen LogP contribution is 2.31. The first-order valence-corrected chi connectivity index (χ1v) is 8.81. The largest absolute Gasteiger partial charge is 0.369 e. The number of nitrogens with two attached hydrogens (primary N) is 1. The molecule has 1 unspecified atom stereocenters. The van der Waals surface area contributed by atoms with Gasteiger partial charge in [0.15, 0.2) is 0 Å². The van der Waals surface area contributed by atoms with Gasteiger partial charge in [-0.05, 0) is 25.0 Å². The molecule has 4 rings (SSSR count). The number of para-hydroxylation sites is 1. The Hall–Kier alpha value is -2.74. The fourth-order valence-corrected chi connectivity index (χ4v) is 4.17. The van der Waals surface area contributed by atoms with Crippen LogP contribution in [-0.2, 0) is 17.8 Å². The van der Waals surface area contributed by atoms with Crippen LogP contribution in [0.5, 0.6) is 0 Å². The third kappa shape index (κ3) is 2.89. The zero-order chi connectivity index (χ0) is 17.6. The number of amides is 1. The van der Waals surface area contributed by atoms with Gasteiger partial charge in [-0.15, -0.1) is 0 Å². The van der Waals surface area contributed by atoms with Crippen LogP contribution in [0.1, 0.15) is 16.3 Å². The molecule has 128 valence electrons. The Bertz CT molecular complexity index is 1030. The number of hydrogen-bond donors (Lipinski definition) is 1. The van der Waals surface area contributed by atoms with Crippen LogP contribution in [0.4, 0.5) is 5.69 Å². The van der Waals surface area contributed by atoms with Crippen LogP contribution < -0.4 is 16.2 Å². The summed E-state index contributed by atoms with van der Waals surface area (Å²) in [5.74, 6) is -0.523. The number of benzene rings is 1. The smallest absolute Gasteiger partial charge is 0.275 e. The van der Waals surface area contributed by atoms with E-state index in [1.807, 2.05) is 24.3 Å². The summed E-state index contributed by atoms with van der Waals surface area (Å²) in [5.41, 5.74) is 8.22. The molecule has 1 aliphatic rings. The van der Waals surface area contributed by atoms with Crippen molar-refractivity contribution in [1.82, 2.24) is 14.6 Å². The SMILES string of the molecule is Cc1cc(=O)n2nc(CN3CC(C(N)=O)Cc4ccccc43)sc2n1. The summed E-state index contributed by atoms with van der Waals surface area (Å²) < 4.78 is 1.33. The lowest BCUT2D eigenvalue weighted by Gasteiger charge is -2.34. The molecule has 25 heavy (non-hydrogen) atoms. The molecule has 0 aliphatic carbocycles. The minimum absolute atomic E-state index is 0.181. The molecular weight excluding hydrogens is 338 g/mol. The highest BCUT2D eigenvalue weighted by molar-refractivity contribution is 7.16. The number of carbonyl (C=O) groups excluding carboxylic acids is 1. The normalized spacial score (nSPS) is 16.8. The van der Waals surface area contributed by atoms with E-state index >= 15 is 0 Å². The molecule has 3 aromatic rings. The summed E-state index contributed by atoms with van der Waals surface area (Å²) in [7, 11) is 0. The molecule has 2 N–H and O–H groups in total. The highest BCUT2D eigenvalue weighted by Gasteiger charge is 2.28. The summed E-state index contributed by atoms with van der Waals surface area (Å²) in [6.45, 7) is 2.84. The van der Waals surface area contributed by atoms with Crippen LogP contribution in [-0.4, -0.2) is 27.0 Å².